The Labute approximate surface area is 183 Å². The van der Waals surface area contributed by atoms with Gasteiger partial charge in [0.15, 0.2) is 0 Å². The van der Waals surface area contributed by atoms with E-state index in [-0.39, 0.29) is 24.5 Å². The van der Waals surface area contributed by atoms with Crippen LogP contribution in [0.1, 0.15) is 42.5 Å². The summed E-state index contributed by atoms with van der Waals surface area (Å²) >= 11 is 0. The summed E-state index contributed by atoms with van der Waals surface area (Å²) in [7, 11) is 3.24. The standard InChI is InChI=1S/C24H30N4O3/c1-5-13-25-24(30)27(3)16-23(29)28-22(18-11-9-17(2)10-12-18)15-21(26-28)19-7-6-8-20(14-19)31-4/h6-12,14,22H,5,13,15-16H2,1-4H3,(H,25,30)/t22-/m0/s1. The lowest BCUT2D eigenvalue weighted by Gasteiger charge is -2.25. The average Bonchev–Trinajstić information content (AvgIpc) is 3.23. The predicted molar refractivity (Wildman–Crippen MR) is 121 cm³/mol. The monoisotopic (exact) mass is 422 g/mol. The van der Waals surface area contributed by atoms with Crippen molar-refractivity contribution in [2.75, 3.05) is 27.2 Å². The molecule has 0 aromatic heterocycles. The van der Waals surface area contributed by atoms with Crippen LogP contribution in [0.2, 0.25) is 0 Å². The highest BCUT2D eigenvalue weighted by Crippen LogP contribution is 2.33. The molecule has 0 spiro atoms. The zero-order valence-corrected chi connectivity index (χ0v) is 18.6. The summed E-state index contributed by atoms with van der Waals surface area (Å²) in [6.45, 7) is 4.54. The molecule has 0 radical (unpaired) electrons. The quantitative estimate of drug-likeness (QED) is 0.739. The van der Waals surface area contributed by atoms with Gasteiger partial charge in [0.2, 0.25) is 0 Å². The van der Waals surface area contributed by atoms with E-state index in [4.69, 9.17) is 4.74 Å². The van der Waals surface area contributed by atoms with Crippen LogP contribution in [-0.2, 0) is 4.79 Å². The minimum Gasteiger partial charge on any atom is -0.497 e. The van der Waals surface area contributed by atoms with Crippen LogP contribution < -0.4 is 10.1 Å². The second kappa shape index (κ2) is 10.1. The van der Waals surface area contributed by atoms with Crippen molar-refractivity contribution in [3.8, 4) is 5.75 Å². The average molecular weight is 423 g/mol. The molecule has 0 aliphatic carbocycles. The van der Waals surface area contributed by atoms with Gasteiger partial charge in [-0.15, -0.1) is 0 Å². The zero-order chi connectivity index (χ0) is 22.4. The minimum absolute atomic E-state index is 0.0488. The van der Waals surface area contributed by atoms with Gasteiger partial charge in [-0.3, -0.25) is 4.79 Å². The number of hydrogen-bond acceptors (Lipinski definition) is 4. The van der Waals surface area contributed by atoms with Gasteiger partial charge in [-0.05, 0) is 31.0 Å². The first-order valence-corrected chi connectivity index (χ1v) is 10.5. The second-order valence-electron chi connectivity index (χ2n) is 7.74. The van der Waals surface area contributed by atoms with Gasteiger partial charge in [-0.1, -0.05) is 48.9 Å². The molecule has 0 saturated carbocycles. The molecule has 1 aliphatic rings. The largest absolute Gasteiger partial charge is 0.497 e. The molecule has 1 heterocycles. The lowest BCUT2D eigenvalue weighted by molar-refractivity contribution is -0.133. The van der Waals surface area contributed by atoms with Crippen molar-refractivity contribution in [1.82, 2.24) is 15.2 Å². The van der Waals surface area contributed by atoms with Gasteiger partial charge >= 0.3 is 6.03 Å². The number of nitrogens with zero attached hydrogens (tertiary/aromatic N) is 3. The van der Waals surface area contributed by atoms with Gasteiger partial charge in [0, 0.05) is 25.6 Å². The van der Waals surface area contributed by atoms with Crippen LogP contribution in [0, 0.1) is 6.92 Å². The van der Waals surface area contributed by atoms with Crippen molar-refractivity contribution in [3.63, 3.8) is 0 Å². The van der Waals surface area contributed by atoms with Crippen molar-refractivity contribution >= 4 is 17.6 Å². The lowest BCUT2D eigenvalue weighted by atomic mass is 9.97. The second-order valence-corrected chi connectivity index (χ2v) is 7.74. The van der Waals surface area contributed by atoms with Gasteiger partial charge in [-0.25, -0.2) is 9.80 Å². The van der Waals surface area contributed by atoms with Crippen molar-refractivity contribution in [1.29, 1.82) is 0 Å². The number of nitrogens with one attached hydrogen (secondary N) is 1. The number of likely N-dealkylation sites (N-methyl/N-ethyl adjacent to an activating group) is 1. The SMILES string of the molecule is CCCNC(=O)N(C)CC(=O)N1N=C(c2cccc(OC)c2)C[C@H]1c1ccc(C)cc1. The molecule has 0 saturated heterocycles. The van der Waals surface area contributed by atoms with Crippen LogP contribution >= 0.6 is 0 Å². The molecule has 1 atom stereocenters. The number of benzene rings is 2. The predicted octanol–water partition coefficient (Wildman–Crippen LogP) is 3.73. The van der Waals surface area contributed by atoms with E-state index < -0.39 is 0 Å². The van der Waals surface area contributed by atoms with E-state index in [1.165, 1.54) is 9.91 Å². The van der Waals surface area contributed by atoms with Crippen molar-refractivity contribution in [2.45, 2.75) is 32.7 Å². The van der Waals surface area contributed by atoms with E-state index in [0.717, 1.165) is 34.6 Å². The number of ether oxygens (including phenoxy) is 1. The number of aryl methyl sites for hydroxylation is 1. The number of hydrogen-bond donors (Lipinski definition) is 1. The lowest BCUT2D eigenvalue weighted by Crippen LogP contribution is -2.43. The van der Waals surface area contributed by atoms with Gasteiger partial charge in [-0.2, -0.15) is 5.10 Å². The van der Waals surface area contributed by atoms with Gasteiger partial charge in [0.1, 0.15) is 12.3 Å². The van der Waals surface area contributed by atoms with Crippen LogP contribution in [0.15, 0.2) is 53.6 Å². The Morgan fingerprint density at radius 1 is 1.23 bits per heavy atom. The molecule has 3 rings (SSSR count). The number of amides is 3. The first-order valence-electron chi connectivity index (χ1n) is 10.5. The van der Waals surface area contributed by atoms with Crippen LogP contribution in [-0.4, -0.2) is 54.8 Å². The normalized spacial score (nSPS) is 15.4. The summed E-state index contributed by atoms with van der Waals surface area (Å²) in [5, 5.41) is 8.98. The maximum atomic E-state index is 13.2. The first-order chi connectivity index (χ1) is 14.9. The van der Waals surface area contributed by atoms with Gasteiger partial charge < -0.3 is 15.0 Å². The number of methoxy groups -OCH3 is 1. The fraction of sp³-hybridized carbons (Fsp3) is 0.375. The van der Waals surface area contributed by atoms with Crippen LogP contribution in [0.25, 0.3) is 0 Å². The highest BCUT2D eigenvalue weighted by Gasteiger charge is 2.34. The highest BCUT2D eigenvalue weighted by molar-refractivity contribution is 6.03. The Morgan fingerprint density at radius 2 is 1.97 bits per heavy atom. The highest BCUT2D eigenvalue weighted by atomic mass is 16.5. The molecule has 1 N–H and O–H groups in total. The molecule has 0 fully saturated rings. The molecule has 2 aromatic carbocycles. The fourth-order valence-electron chi connectivity index (χ4n) is 3.48. The van der Waals surface area contributed by atoms with Gasteiger partial charge in [0.05, 0.1) is 18.9 Å². The van der Waals surface area contributed by atoms with Crippen molar-refractivity contribution < 1.29 is 14.3 Å². The maximum absolute atomic E-state index is 13.2. The molecule has 7 heteroatoms. The van der Waals surface area contributed by atoms with Crippen molar-refractivity contribution in [2.24, 2.45) is 5.10 Å². The Morgan fingerprint density at radius 3 is 2.65 bits per heavy atom. The molecule has 0 unspecified atom stereocenters. The summed E-state index contributed by atoms with van der Waals surface area (Å²) in [4.78, 5) is 26.7. The molecular formula is C24H30N4O3. The fourth-order valence-corrected chi connectivity index (χ4v) is 3.48. The molecule has 3 amide bonds. The number of carbonyl (C=O) groups excluding carboxylic acids is 2. The Kier molecular flexibility index (Phi) is 7.28. The Hall–Kier alpha value is -3.35. The summed E-state index contributed by atoms with van der Waals surface area (Å²) < 4.78 is 5.34. The van der Waals surface area contributed by atoms with E-state index in [9.17, 15) is 9.59 Å². The molecule has 31 heavy (non-hydrogen) atoms. The topological polar surface area (TPSA) is 74.2 Å². The van der Waals surface area contributed by atoms with Crippen LogP contribution in [0.4, 0.5) is 4.79 Å². The Balaban J connectivity index is 1.85. The van der Waals surface area contributed by atoms with E-state index in [0.29, 0.717) is 13.0 Å². The number of rotatable bonds is 7. The molecule has 164 valence electrons. The summed E-state index contributed by atoms with van der Waals surface area (Å²) in [5.41, 5.74) is 3.90. The third-order valence-corrected chi connectivity index (χ3v) is 5.28. The first kappa shape index (κ1) is 22.3. The number of hydrazone groups is 1. The minimum atomic E-state index is -0.265. The van der Waals surface area contributed by atoms with Gasteiger partial charge in [0.25, 0.3) is 5.91 Å². The van der Waals surface area contributed by atoms with E-state index in [1.54, 1.807) is 14.2 Å². The van der Waals surface area contributed by atoms with Crippen molar-refractivity contribution in [3.05, 3.63) is 65.2 Å². The van der Waals surface area contributed by atoms with E-state index >= 15 is 0 Å². The third-order valence-electron chi connectivity index (χ3n) is 5.28. The van der Waals surface area contributed by atoms with E-state index in [2.05, 4.69) is 10.4 Å². The maximum Gasteiger partial charge on any atom is 0.317 e. The number of carbonyl (C=O) groups is 2. The summed E-state index contributed by atoms with van der Waals surface area (Å²) in [6.07, 6.45) is 1.43. The number of urea groups is 1. The summed E-state index contributed by atoms with van der Waals surface area (Å²) in [5.74, 6) is 0.516. The third kappa shape index (κ3) is 5.42. The Bertz CT molecular complexity index is 956. The molecule has 1 aliphatic heterocycles. The van der Waals surface area contributed by atoms with E-state index in [1.807, 2.05) is 62.4 Å². The summed E-state index contributed by atoms with van der Waals surface area (Å²) in [6, 6.07) is 15.3. The molecular weight excluding hydrogens is 392 g/mol. The molecule has 2 aromatic rings. The van der Waals surface area contributed by atoms with Crippen LogP contribution in [0.5, 0.6) is 5.75 Å². The van der Waals surface area contributed by atoms with Crippen LogP contribution in [0.3, 0.4) is 0 Å². The molecule has 0 bridgehead atoms. The zero-order valence-electron chi connectivity index (χ0n) is 18.6. The molecule has 7 nitrogen and oxygen atoms in total. The smallest absolute Gasteiger partial charge is 0.317 e.